The molecule has 0 aromatic carbocycles. The number of hydrogen-bond acceptors (Lipinski definition) is 5. The van der Waals surface area contributed by atoms with E-state index in [-0.39, 0.29) is 22.9 Å². The van der Waals surface area contributed by atoms with Gasteiger partial charge in [0.15, 0.2) is 0 Å². The van der Waals surface area contributed by atoms with Crippen LogP contribution < -0.4 is 9.86 Å². The van der Waals surface area contributed by atoms with E-state index in [1.54, 1.807) is 12.1 Å². The van der Waals surface area contributed by atoms with Gasteiger partial charge in [0.25, 0.3) is 0 Å². The Morgan fingerprint density at radius 1 is 1.28 bits per heavy atom. The van der Waals surface area contributed by atoms with Gasteiger partial charge in [0.2, 0.25) is 20.0 Å². The summed E-state index contributed by atoms with van der Waals surface area (Å²) in [5, 5.41) is 4.81. The third kappa shape index (κ3) is 5.02. The molecule has 1 heterocycles. The average Bonchev–Trinajstić information content (AvgIpc) is 2.72. The molecule has 0 saturated carbocycles. The molecule has 1 aromatic rings. The second-order valence-corrected chi connectivity index (χ2v) is 8.59. The molecule has 0 fully saturated rings. The van der Waals surface area contributed by atoms with Gasteiger partial charge in [-0.3, -0.25) is 0 Å². The first kappa shape index (κ1) is 15.6. The lowest BCUT2D eigenvalue weighted by Crippen LogP contribution is -2.27. The van der Waals surface area contributed by atoms with E-state index in [0.717, 1.165) is 11.3 Å². The second-order valence-electron chi connectivity index (χ2n) is 3.69. The van der Waals surface area contributed by atoms with Crippen LogP contribution in [0.1, 0.15) is 18.2 Å². The third-order valence-corrected chi connectivity index (χ3v) is 6.19. The zero-order valence-corrected chi connectivity index (χ0v) is 12.4. The summed E-state index contributed by atoms with van der Waals surface area (Å²) in [7, 11) is -7.07. The van der Waals surface area contributed by atoms with E-state index in [4.69, 9.17) is 5.14 Å². The van der Waals surface area contributed by atoms with E-state index in [1.165, 1.54) is 11.3 Å². The molecule has 104 valence electrons. The molecule has 18 heavy (non-hydrogen) atoms. The molecule has 9 heteroatoms. The van der Waals surface area contributed by atoms with Crippen LogP contribution in [0.3, 0.4) is 0 Å². The van der Waals surface area contributed by atoms with Crippen LogP contribution in [0, 0.1) is 0 Å². The Labute approximate surface area is 111 Å². The Morgan fingerprint density at radius 2 is 1.94 bits per heavy atom. The summed E-state index contributed by atoms with van der Waals surface area (Å²) in [5.41, 5.74) is 0. The second kappa shape index (κ2) is 6.11. The predicted molar refractivity (Wildman–Crippen MR) is 71.5 cm³/mol. The lowest BCUT2D eigenvalue weighted by molar-refractivity contribution is 0.578. The van der Waals surface area contributed by atoms with E-state index in [2.05, 4.69) is 4.72 Å². The summed E-state index contributed by atoms with van der Waals surface area (Å²) in [6, 6.07) is 3.31. The van der Waals surface area contributed by atoms with Crippen LogP contribution in [0.4, 0.5) is 0 Å². The van der Waals surface area contributed by atoms with Gasteiger partial charge in [-0.1, -0.05) is 6.92 Å². The fourth-order valence-corrected chi connectivity index (χ4v) is 4.20. The number of primary sulfonamides is 1. The molecule has 0 radical (unpaired) electrons. The molecule has 0 amide bonds. The number of sulfonamides is 2. The molecular formula is C9H16N2O4S3. The number of hydrogen-bond donors (Lipinski definition) is 2. The Kier molecular flexibility index (Phi) is 5.29. The van der Waals surface area contributed by atoms with Crippen molar-refractivity contribution in [2.45, 2.75) is 24.0 Å². The van der Waals surface area contributed by atoms with Gasteiger partial charge in [0.1, 0.15) is 4.21 Å². The number of aryl methyl sites for hydroxylation is 1. The number of nitrogens with two attached hydrogens (primary N) is 1. The van der Waals surface area contributed by atoms with Crippen LogP contribution in [0.25, 0.3) is 0 Å². The molecule has 1 aromatic heterocycles. The zero-order valence-electron chi connectivity index (χ0n) is 9.92. The molecule has 0 aliphatic carbocycles. The minimum atomic E-state index is -3.54. The van der Waals surface area contributed by atoms with Crippen LogP contribution in [0.5, 0.6) is 0 Å². The van der Waals surface area contributed by atoms with Crippen LogP contribution in [-0.2, 0) is 26.5 Å². The Hall–Kier alpha value is -0.480. The van der Waals surface area contributed by atoms with Gasteiger partial charge in [-0.2, -0.15) is 0 Å². The summed E-state index contributed by atoms with van der Waals surface area (Å²) < 4.78 is 47.5. The summed E-state index contributed by atoms with van der Waals surface area (Å²) in [6.45, 7) is 2.00. The summed E-state index contributed by atoms with van der Waals surface area (Å²) in [6.07, 6.45) is 0.940. The van der Waals surface area contributed by atoms with Crippen LogP contribution in [-0.4, -0.2) is 29.1 Å². The molecule has 0 aliphatic heterocycles. The van der Waals surface area contributed by atoms with Crippen molar-refractivity contribution in [3.05, 3.63) is 17.0 Å². The SMILES string of the molecule is CCc1ccc(S(=O)(=O)NCCCS(N)(=O)=O)s1. The van der Waals surface area contributed by atoms with Crippen molar-refractivity contribution < 1.29 is 16.8 Å². The molecule has 0 spiro atoms. The van der Waals surface area contributed by atoms with E-state index < -0.39 is 20.0 Å². The van der Waals surface area contributed by atoms with Gasteiger partial charge in [-0.15, -0.1) is 11.3 Å². The van der Waals surface area contributed by atoms with Gasteiger partial charge < -0.3 is 0 Å². The predicted octanol–water partition coefficient (Wildman–Crippen LogP) is 0.267. The molecule has 3 N–H and O–H groups in total. The van der Waals surface area contributed by atoms with Gasteiger partial charge in [0.05, 0.1) is 5.75 Å². The number of rotatable bonds is 7. The number of nitrogens with one attached hydrogen (secondary N) is 1. The van der Waals surface area contributed by atoms with Crippen LogP contribution >= 0.6 is 11.3 Å². The quantitative estimate of drug-likeness (QED) is 0.705. The Morgan fingerprint density at radius 3 is 2.44 bits per heavy atom. The maximum absolute atomic E-state index is 11.8. The fourth-order valence-electron chi connectivity index (χ4n) is 1.24. The average molecular weight is 312 g/mol. The Bertz CT molecular complexity index is 589. The normalized spacial score (nSPS) is 12.8. The molecular weight excluding hydrogens is 296 g/mol. The van der Waals surface area contributed by atoms with Crippen molar-refractivity contribution in [2.24, 2.45) is 5.14 Å². The van der Waals surface area contributed by atoms with Crippen LogP contribution in [0.2, 0.25) is 0 Å². The maximum Gasteiger partial charge on any atom is 0.250 e. The van der Waals surface area contributed by atoms with Crippen molar-refractivity contribution in [1.82, 2.24) is 4.72 Å². The van der Waals surface area contributed by atoms with Gasteiger partial charge in [-0.05, 0) is 25.0 Å². The molecule has 6 nitrogen and oxygen atoms in total. The van der Waals surface area contributed by atoms with Crippen molar-refractivity contribution in [1.29, 1.82) is 0 Å². The largest absolute Gasteiger partial charge is 0.250 e. The minimum Gasteiger partial charge on any atom is -0.229 e. The zero-order chi connectivity index (χ0) is 13.8. The molecule has 0 saturated heterocycles. The molecule has 0 atom stereocenters. The Balaban J connectivity index is 2.55. The summed E-state index contributed by atoms with van der Waals surface area (Å²) in [4.78, 5) is 0.986. The highest BCUT2D eigenvalue weighted by Crippen LogP contribution is 2.21. The smallest absolute Gasteiger partial charge is 0.229 e. The van der Waals surface area contributed by atoms with Crippen molar-refractivity contribution >= 4 is 31.4 Å². The first-order valence-electron chi connectivity index (χ1n) is 5.33. The highest BCUT2D eigenvalue weighted by molar-refractivity contribution is 7.91. The van der Waals surface area contributed by atoms with E-state index in [9.17, 15) is 16.8 Å². The van der Waals surface area contributed by atoms with Crippen molar-refractivity contribution in [3.63, 3.8) is 0 Å². The van der Waals surface area contributed by atoms with E-state index in [0.29, 0.717) is 0 Å². The lowest BCUT2D eigenvalue weighted by atomic mass is 10.4. The number of thiophene rings is 1. The van der Waals surface area contributed by atoms with Gasteiger partial charge >= 0.3 is 0 Å². The summed E-state index contributed by atoms with van der Waals surface area (Å²) >= 11 is 1.21. The first-order valence-corrected chi connectivity index (χ1v) is 9.35. The first-order chi connectivity index (χ1) is 8.24. The van der Waals surface area contributed by atoms with E-state index >= 15 is 0 Å². The highest BCUT2D eigenvalue weighted by atomic mass is 32.2. The van der Waals surface area contributed by atoms with E-state index in [1.807, 2.05) is 6.92 Å². The molecule has 0 bridgehead atoms. The van der Waals surface area contributed by atoms with Crippen LogP contribution in [0.15, 0.2) is 16.3 Å². The topological polar surface area (TPSA) is 106 Å². The lowest BCUT2D eigenvalue weighted by Gasteiger charge is -2.03. The molecule has 1 rings (SSSR count). The van der Waals surface area contributed by atoms with Gasteiger partial charge in [-0.25, -0.2) is 26.7 Å². The summed E-state index contributed by atoms with van der Waals surface area (Å²) in [5.74, 6) is -0.236. The fraction of sp³-hybridized carbons (Fsp3) is 0.556. The maximum atomic E-state index is 11.8. The van der Waals surface area contributed by atoms with Crippen molar-refractivity contribution in [3.8, 4) is 0 Å². The molecule has 0 unspecified atom stereocenters. The third-order valence-electron chi connectivity index (χ3n) is 2.15. The molecule has 0 aliphatic rings. The highest BCUT2D eigenvalue weighted by Gasteiger charge is 2.16. The minimum absolute atomic E-state index is 0.0537. The monoisotopic (exact) mass is 312 g/mol. The van der Waals surface area contributed by atoms with Crippen molar-refractivity contribution in [2.75, 3.05) is 12.3 Å². The standard InChI is InChI=1S/C9H16N2O4S3/c1-2-8-4-5-9(16-8)18(14,15)11-6-3-7-17(10,12)13/h4-5,11H,2-3,6-7H2,1H3,(H2,10,12,13). The van der Waals surface area contributed by atoms with Gasteiger partial charge in [0, 0.05) is 11.4 Å².